The van der Waals surface area contributed by atoms with Crippen molar-refractivity contribution in [3.05, 3.63) is 70.7 Å². The normalized spacial score (nSPS) is 13.0. The number of ether oxygens (including phenoxy) is 5. The molecule has 4 rings (SSSR count). The van der Waals surface area contributed by atoms with Gasteiger partial charge in [-0.05, 0) is 57.4 Å². The molecule has 1 aliphatic rings. The average molecular weight is 695 g/mol. The fourth-order valence-electron chi connectivity index (χ4n) is 4.96. The second-order valence-electron chi connectivity index (χ2n) is 11.5. The molecule has 1 N–H and O–H groups in total. The van der Waals surface area contributed by atoms with Gasteiger partial charge in [-0.15, -0.1) is 13.2 Å². The highest BCUT2D eigenvalue weighted by Crippen LogP contribution is 2.39. The number of carbonyl (C=O) groups is 2. The van der Waals surface area contributed by atoms with Crippen molar-refractivity contribution in [3.63, 3.8) is 0 Å². The van der Waals surface area contributed by atoms with Crippen LogP contribution in [0.25, 0.3) is 0 Å². The smallest absolute Gasteiger partial charge is 0.497 e. The Morgan fingerprint density at radius 2 is 1.65 bits per heavy atom. The summed E-state index contributed by atoms with van der Waals surface area (Å²) in [5.74, 6) is -0.0361. The summed E-state index contributed by atoms with van der Waals surface area (Å²) in [4.78, 5) is 27.8. The summed E-state index contributed by atoms with van der Waals surface area (Å²) < 4.78 is 65.3. The highest BCUT2D eigenvalue weighted by molar-refractivity contribution is 6.30. The lowest BCUT2D eigenvalue weighted by Crippen LogP contribution is -2.37. The molecule has 1 atom stereocenters. The number of halogens is 4. The van der Waals surface area contributed by atoms with Gasteiger partial charge in [-0.3, -0.25) is 9.59 Å². The Balaban J connectivity index is 0.00000307. The first-order valence-electron chi connectivity index (χ1n) is 15.5. The minimum absolute atomic E-state index is 0.173. The number of benzene rings is 3. The number of amides is 1. The molecule has 0 radical (unpaired) electrons. The number of nitrogens with one attached hydrogen (secondary N) is 1. The average Bonchev–Trinajstić information content (AvgIpc) is 3.44. The van der Waals surface area contributed by atoms with Crippen molar-refractivity contribution >= 4 is 34.9 Å². The first-order chi connectivity index (χ1) is 22.7. The van der Waals surface area contributed by atoms with Crippen molar-refractivity contribution in [1.29, 1.82) is 0 Å². The minimum atomic E-state index is -4.88. The van der Waals surface area contributed by atoms with Gasteiger partial charge in [0.05, 0.1) is 26.5 Å². The summed E-state index contributed by atoms with van der Waals surface area (Å²) in [6, 6.07) is 12.7. The number of anilines is 2. The maximum Gasteiger partial charge on any atom is 0.573 e. The van der Waals surface area contributed by atoms with Crippen LogP contribution in [0.1, 0.15) is 64.6 Å². The third kappa shape index (κ3) is 10.9. The van der Waals surface area contributed by atoms with Gasteiger partial charge in [-0.2, -0.15) is 0 Å². The Bertz CT molecular complexity index is 1560. The third-order valence-corrected chi connectivity index (χ3v) is 7.08. The van der Waals surface area contributed by atoms with Gasteiger partial charge in [0, 0.05) is 53.5 Å². The molecule has 9 nitrogen and oxygen atoms in total. The van der Waals surface area contributed by atoms with E-state index < -0.39 is 29.7 Å². The quantitative estimate of drug-likeness (QED) is 0.149. The van der Waals surface area contributed by atoms with Crippen LogP contribution in [0.3, 0.4) is 0 Å². The summed E-state index contributed by atoms with van der Waals surface area (Å²) in [5.41, 5.74) is 1.32. The lowest BCUT2D eigenvalue weighted by molar-refractivity contribution is -0.274. The van der Waals surface area contributed by atoms with Crippen LogP contribution < -0.4 is 29.2 Å². The van der Waals surface area contributed by atoms with E-state index in [1.54, 1.807) is 57.2 Å². The molecule has 0 spiro atoms. The van der Waals surface area contributed by atoms with Crippen LogP contribution in [-0.2, 0) is 20.7 Å². The molecule has 13 heteroatoms. The number of alkyl halides is 3. The SMILES string of the molecule is CC.COc1cc(NC(C(=O)N2CCc3ccc(OC(F)(F)F)cc32)c2ccc(Cl)cc2OC)cc(OCCCC(=O)OC(C)(C)C)c1. The van der Waals surface area contributed by atoms with Crippen molar-refractivity contribution in [1.82, 2.24) is 0 Å². The number of nitrogens with zero attached hydrogens (tertiary/aromatic N) is 1. The monoisotopic (exact) mass is 694 g/mol. The molecule has 0 bridgehead atoms. The molecule has 0 saturated heterocycles. The van der Waals surface area contributed by atoms with Crippen LogP contribution in [0, 0.1) is 0 Å². The van der Waals surface area contributed by atoms with E-state index in [0.717, 1.165) is 0 Å². The molecule has 3 aromatic rings. The molecular weight excluding hydrogens is 653 g/mol. The molecule has 0 aliphatic carbocycles. The van der Waals surface area contributed by atoms with Gasteiger partial charge in [0.25, 0.3) is 5.91 Å². The van der Waals surface area contributed by atoms with Gasteiger partial charge < -0.3 is 33.9 Å². The zero-order chi connectivity index (χ0) is 35.6. The van der Waals surface area contributed by atoms with Crippen LogP contribution in [0.2, 0.25) is 5.02 Å². The predicted molar refractivity (Wildman–Crippen MR) is 178 cm³/mol. The molecule has 0 fully saturated rings. The van der Waals surface area contributed by atoms with Gasteiger partial charge in [-0.25, -0.2) is 0 Å². The van der Waals surface area contributed by atoms with E-state index in [0.29, 0.717) is 57.6 Å². The molecule has 1 unspecified atom stereocenters. The van der Waals surface area contributed by atoms with Gasteiger partial charge in [-0.1, -0.05) is 37.6 Å². The summed E-state index contributed by atoms with van der Waals surface area (Å²) in [6.07, 6.45) is -3.86. The van der Waals surface area contributed by atoms with E-state index in [-0.39, 0.29) is 25.5 Å². The van der Waals surface area contributed by atoms with E-state index in [2.05, 4.69) is 10.1 Å². The topological polar surface area (TPSA) is 95.6 Å². The molecule has 0 aromatic heterocycles. The summed E-state index contributed by atoms with van der Waals surface area (Å²) >= 11 is 6.21. The Hall–Kier alpha value is -4.32. The van der Waals surface area contributed by atoms with Crippen LogP contribution in [0.15, 0.2) is 54.6 Å². The lowest BCUT2D eigenvalue weighted by Gasteiger charge is -2.27. The standard InChI is InChI=1S/C33H36ClF3N2O7.C2H6/c1-32(2,3)46-29(40)7-6-14-44-25-17-22(16-24(18-25)42-4)38-30(26-11-9-21(34)15-28(26)43-5)31(41)39-13-12-20-8-10-23(19-27(20)39)45-33(35,36)37;1-2/h8-11,15-19,30,38H,6-7,12-14H2,1-5H3;1-2H3. The minimum Gasteiger partial charge on any atom is -0.497 e. The van der Waals surface area contributed by atoms with E-state index in [1.807, 2.05) is 13.8 Å². The Morgan fingerprint density at radius 1 is 0.938 bits per heavy atom. The van der Waals surface area contributed by atoms with E-state index >= 15 is 0 Å². The number of rotatable bonds is 12. The molecule has 0 saturated carbocycles. The van der Waals surface area contributed by atoms with Crippen molar-refractivity contribution in [2.75, 3.05) is 37.6 Å². The molecular formula is C35H42ClF3N2O7. The molecule has 1 aliphatic heterocycles. The van der Waals surface area contributed by atoms with E-state index in [4.69, 9.17) is 30.5 Å². The zero-order valence-corrected chi connectivity index (χ0v) is 28.9. The van der Waals surface area contributed by atoms with Crippen LogP contribution in [-0.4, -0.2) is 51.2 Å². The van der Waals surface area contributed by atoms with E-state index in [9.17, 15) is 22.8 Å². The van der Waals surface area contributed by atoms with Crippen LogP contribution >= 0.6 is 11.6 Å². The summed E-state index contributed by atoms with van der Waals surface area (Å²) in [5, 5.41) is 3.62. The zero-order valence-electron chi connectivity index (χ0n) is 28.1. The Labute approximate surface area is 284 Å². The number of hydrogen-bond acceptors (Lipinski definition) is 8. The highest BCUT2D eigenvalue weighted by Gasteiger charge is 2.35. The van der Waals surface area contributed by atoms with Crippen molar-refractivity contribution in [2.24, 2.45) is 0 Å². The number of fused-ring (bicyclic) bond motifs is 1. The fraction of sp³-hybridized carbons (Fsp3) is 0.429. The van der Waals surface area contributed by atoms with Crippen molar-refractivity contribution < 1.29 is 46.4 Å². The van der Waals surface area contributed by atoms with Gasteiger partial charge in [0.1, 0.15) is 34.6 Å². The fourth-order valence-corrected chi connectivity index (χ4v) is 5.12. The van der Waals surface area contributed by atoms with Crippen molar-refractivity contribution in [2.45, 2.75) is 71.9 Å². The first-order valence-corrected chi connectivity index (χ1v) is 15.9. The number of carbonyl (C=O) groups excluding carboxylic acids is 2. The lowest BCUT2D eigenvalue weighted by atomic mass is 10.0. The molecule has 1 amide bonds. The largest absolute Gasteiger partial charge is 0.573 e. The van der Waals surface area contributed by atoms with Gasteiger partial charge in [0.2, 0.25) is 0 Å². The molecule has 262 valence electrons. The Kier molecular flexibility index (Phi) is 13.2. The summed E-state index contributed by atoms with van der Waals surface area (Å²) in [7, 11) is 2.93. The number of esters is 1. The van der Waals surface area contributed by atoms with Crippen LogP contribution in [0.5, 0.6) is 23.0 Å². The van der Waals surface area contributed by atoms with Gasteiger partial charge in [0.15, 0.2) is 0 Å². The van der Waals surface area contributed by atoms with Crippen molar-refractivity contribution in [3.8, 4) is 23.0 Å². The first kappa shape index (κ1) is 38.1. The second kappa shape index (κ2) is 16.7. The highest BCUT2D eigenvalue weighted by atomic mass is 35.5. The number of hydrogen-bond donors (Lipinski definition) is 1. The maximum atomic E-state index is 14.3. The maximum absolute atomic E-state index is 14.3. The molecule has 1 heterocycles. The predicted octanol–water partition coefficient (Wildman–Crippen LogP) is 8.53. The molecule has 3 aromatic carbocycles. The van der Waals surface area contributed by atoms with E-state index in [1.165, 1.54) is 37.3 Å². The third-order valence-electron chi connectivity index (χ3n) is 6.85. The summed E-state index contributed by atoms with van der Waals surface area (Å²) in [6.45, 7) is 9.84. The van der Waals surface area contributed by atoms with Crippen LogP contribution in [0.4, 0.5) is 24.5 Å². The number of methoxy groups -OCH3 is 2. The van der Waals surface area contributed by atoms with Gasteiger partial charge >= 0.3 is 12.3 Å². The molecule has 48 heavy (non-hydrogen) atoms. The Morgan fingerprint density at radius 3 is 2.29 bits per heavy atom. The second-order valence-corrected chi connectivity index (χ2v) is 11.9.